The molecule has 0 aliphatic rings. The Morgan fingerprint density at radius 2 is 1.75 bits per heavy atom. The molecule has 6 N–H and O–H groups in total. The van der Waals surface area contributed by atoms with E-state index < -0.39 is 30.2 Å². The Morgan fingerprint density at radius 1 is 1.15 bits per heavy atom. The summed E-state index contributed by atoms with van der Waals surface area (Å²) in [7, 11) is 0. The topological polar surface area (TPSA) is 112 Å². The summed E-state index contributed by atoms with van der Waals surface area (Å²) in [5, 5.41) is 0. The number of hydrogen-bond acceptors (Lipinski definition) is 2. The van der Waals surface area contributed by atoms with E-state index in [0.717, 1.165) is 6.07 Å². The van der Waals surface area contributed by atoms with E-state index in [2.05, 4.69) is 14.7 Å². The van der Waals surface area contributed by atoms with Crippen LogP contribution in [-0.4, -0.2) is 24.5 Å². The van der Waals surface area contributed by atoms with E-state index in [1.807, 2.05) is 0 Å². The summed E-state index contributed by atoms with van der Waals surface area (Å²) in [5.74, 6) is -1.43. The number of rotatable bonds is 4. The van der Waals surface area contributed by atoms with Crippen molar-refractivity contribution in [3.05, 3.63) is 24.3 Å². The van der Waals surface area contributed by atoms with Gasteiger partial charge in [-0.2, -0.15) is 22.6 Å². The molecule has 0 aliphatic heterocycles. The van der Waals surface area contributed by atoms with Gasteiger partial charge in [-0.05, 0) is 12.1 Å². The van der Waals surface area contributed by atoms with Crippen molar-refractivity contribution in [2.45, 2.75) is 12.5 Å². The Bertz CT molecular complexity index is 528. The third-order valence-electron chi connectivity index (χ3n) is 1.84. The highest BCUT2D eigenvalue weighted by Gasteiger charge is 2.44. The van der Waals surface area contributed by atoms with Crippen molar-refractivity contribution in [1.82, 2.24) is 0 Å². The minimum Gasteiger partial charge on any atom is -0.426 e. The lowest BCUT2D eigenvalue weighted by molar-refractivity contribution is -0.252. The number of alkyl halides is 4. The summed E-state index contributed by atoms with van der Waals surface area (Å²) < 4.78 is 53.8. The molecule has 0 saturated carbocycles. The number of hydrogen-bond donors (Lipinski definition) is 3. The predicted octanol–water partition coefficient (Wildman–Crippen LogP) is 1.14. The van der Waals surface area contributed by atoms with Gasteiger partial charge in [0.25, 0.3) is 0 Å². The second-order valence-electron chi connectivity index (χ2n) is 3.44. The molecule has 1 aromatic rings. The number of aliphatic imine (C=N–C) groups is 2. The maximum absolute atomic E-state index is 12.8. The fraction of sp³-hybridized carbons (Fsp3) is 0.200. The Hall–Kier alpha value is -2.52. The molecule has 20 heavy (non-hydrogen) atoms. The molecule has 0 radical (unpaired) electrons. The molecule has 0 atom stereocenters. The average Bonchev–Trinajstić information content (AvgIpc) is 2.30. The quantitative estimate of drug-likeness (QED) is 0.439. The predicted molar refractivity (Wildman–Crippen MR) is 65.1 cm³/mol. The van der Waals surface area contributed by atoms with E-state index in [4.69, 9.17) is 17.2 Å². The molecule has 1 aromatic carbocycles. The van der Waals surface area contributed by atoms with Crippen LogP contribution < -0.4 is 21.9 Å². The molecule has 0 bridgehead atoms. The summed E-state index contributed by atoms with van der Waals surface area (Å²) >= 11 is 0. The molecule has 0 aromatic heterocycles. The first-order chi connectivity index (χ1) is 9.22. The second kappa shape index (κ2) is 6.08. The van der Waals surface area contributed by atoms with Gasteiger partial charge in [0.1, 0.15) is 5.69 Å². The highest BCUT2D eigenvalue weighted by molar-refractivity contribution is 5.93. The van der Waals surface area contributed by atoms with Crippen molar-refractivity contribution in [3.63, 3.8) is 0 Å². The number of benzene rings is 1. The first-order valence-corrected chi connectivity index (χ1v) is 5.10. The molecule has 1 rings (SSSR count). The van der Waals surface area contributed by atoms with Crippen LogP contribution >= 0.6 is 0 Å². The zero-order valence-electron chi connectivity index (χ0n) is 9.93. The number of guanidine groups is 2. The molecule has 0 heterocycles. The molecule has 0 amide bonds. The van der Waals surface area contributed by atoms with Gasteiger partial charge < -0.3 is 21.9 Å². The maximum atomic E-state index is 12.8. The van der Waals surface area contributed by atoms with Crippen LogP contribution in [0.3, 0.4) is 0 Å². The molecule has 0 unspecified atom stereocenters. The largest absolute Gasteiger partial charge is 0.461 e. The lowest BCUT2D eigenvalue weighted by atomic mass is 10.3. The van der Waals surface area contributed by atoms with Gasteiger partial charge in [-0.25, -0.2) is 4.99 Å². The minimum atomic E-state index is -4.66. The molecule has 10 heteroatoms. The summed E-state index contributed by atoms with van der Waals surface area (Å²) in [6.45, 7) is 0. The highest BCUT2D eigenvalue weighted by atomic mass is 19.3. The second-order valence-corrected chi connectivity index (χ2v) is 3.44. The zero-order valence-corrected chi connectivity index (χ0v) is 9.93. The standard InChI is InChI=1S/C10H11F4N5O/c11-7(12)10(13,14)20-6-4-2-1-3-5(6)18-9(17)19-8(15)16/h1-4,7H,(H6,15,16,17,18,19). The molecule has 0 fully saturated rings. The lowest BCUT2D eigenvalue weighted by Crippen LogP contribution is -2.33. The van der Waals surface area contributed by atoms with Crippen LogP contribution in [0.1, 0.15) is 0 Å². The Morgan fingerprint density at radius 3 is 2.30 bits per heavy atom. The van der Waals surface area contributed by atoms with E-state index in [1.165, 1.54) is 18.2 Å². The molecule has 0 saturated heterocycles. The van der Waals surface area contributed by atoms with E-state index in [1.54, 1.807) is 0 Å². The molecule has 0 aliphatic carbocycles. The van der Waals surface area contributed by atoms with E-state index in [-0.39, 0.29) is 5.69 Å². The molecule has 110 valence electrons. The van der Waals surface area contributed by atoms with Crippen LogP contribution in [0.4, 0.5) is 23.2 Å². The van der Waals surface area contributed by atoms with E-state index in [9.17, 15) is 17.6 Å². The number of ether oxygens (including phenoxy) is 1. The molecule has 0 spiro atoms. The third-order valence-corrected chi connectivity index (χ3v) is 1.84. The first kappa shape index (κ1) is 15.5. The van der Waals surface area contributed by atoms with E-state index >= 15 is 0 Å². The van der Waals surface area contributed by atoms with Crippen molar-refractivity contribution in [3.8, 4) is 5.75 Å². The van der Waals surface area contributed by atoms with E-state index in [0.29, 0.717) is 0 Å². The summed E-state index contributed by atoms with van der Waals surface area (Å²) in [5.41, 5.74) is 15.2. The van der Waals surface area contributed by atoms with Crippen molar-refractivity contribution in [2.24, 2.45) is 27.2 Å². The normalized spacial score (nSPS) is 12.3. The maximum Gasteiger partial charge on any atom is 0.461 e. The number of nitrogens with two attached hydrogens (primary N) is 3. The van der Waals surface area contributed by atoms with Crippen molar-refractivity contribution < 1.29 is 22.3 Å². The zero-order chi connectivity index (χ0) is 15.3. The molecular weight excluding hydrogens is 282 g/mol. The van der Waals surface area contributed by atoms with Gasteiger partial charge in [-0.1, -0.05) is 12.1 Å². The van der Waals surface area contributed by atoms with Gasteiger partial charge in [0.05, 0.1) is 0 Å². The SMILES string of the molecule is NC(N)=NC(N)=Nc1ccccc1OC(F)(F)C(F)F. The fourth-order valence-electron chi connectivity index (χ4n) is 1.11. The van der Waals surface area contributed by atoms with Crippen LogP contribution in [-0.2, 0) is 0 Å². The fourth-order valence-corrected chi connectivity index (χ4v) is 1.11. The molecule has 6 nitrogen and oxygen atoms in total. The van der Waals surface area contributed by atoms with Crippen molar-refractivity contribution in [1.29, 1.82) is 0 Å². The van der Waals surface area contributed by atoms with Crippen LogP contribution in [0.2, 0.25) is 0 Å². The highest BCUT2D eigenvalue weighted by Crippen LogP contribution is 2.34. The summed E-state index contributed by atoms with van der Waals surface area (Å²) in [6.07, 6.45) is -8.65. The van der Waals surface area contributed by atoms with Gasteiger partial charge in [0.15, 0.2) is 11.7 Å². The lowest BCUT2D eigenvalue weighted by Gasteiger charge is -2.17. The monoisotopic (exact) mass is 293 g/mol. The summed E-state index contributed by atoms with van der Waals surface area (Å²) in [6, 6.07) is 4.95. The van der Waals surface area contributed by atoms with Gasteiger partial charge in [0, 0.05) is 0 Å². The molecular formula is C10H11F4N5O. The van der Waals surface area contributed by atoms with Crippen LogP contribution in [0.5, 0.6) is 5.75 Å². The number of para-hydroxylation sites is 2. The Labute approximate surface area is 110 Å². The Balaban J connectivity index is 3.09. The minimum absolute atomic E-state index is 0.227. The van der Waals surface area contributed by atoms with Crippen molar-refractivity contribution >= 4 is 17.6 Å². The van der Waals surface area contributed by atoms with Gasteiger partial charge >= 0.3 is 12.5 Å². The van der Waals surface area contributed by atoms with Crippen LogP contribution in [0, 0.1) is 0 Å². The first-order valence-electron chi connectivity index (χ1n) is 5.10. The smallest absolute Gasteiger partial charge is 0.426 e. The van der Waals surface area contributed by atoms with Crippen LogP contribution in [0.15, 0.2) is 34.3 Å². The summed E-state index contributed by atoms with van der Waals surface area (Å²) in [4.78, 5) is 6.94. The van der Waals surface area contributed by atoms with Crippen LogP contribution in [0.25, 0.3) is 0 Å². The number of halogens is 4. The van der Waals surface area contributed by atoms with Gasteiger partial charge in [0.2, 0.25) is 5.96 Å². The van der Waals surface area contributed by atoms with Gasteiger partial charge in [-0.3, -0.25) is 0 Å². The third kappa shape index (κ3) is 4.30. The van der Waals surface area contributed by atoms with Crippen molar-refractivity contribution in [2.75, 3.05) is 0 Å². The van der Waals surface area contributed by atoms with Gasteiger partial charge in [-0.15, -0.1) is 0 Å². The number of nitrogens with zero attached hydrogens (tertiary/aromatic N) is 2. The average molecular weight is 293 g/mol. The Kier molecular flexibility index (Phi) is 4.73.